The largest absolute Gasteiger partial charge is 0.298 e. The zero-order valence-electron chi connectivity index (χ0n) is 4.84. The van der Waals surface area contributed by atoms with Gasteiger partial charge in [-0.05, 0) is 34.7 Å². The summed E-state index contributed by atoms with van der Waals surface area (Å²) >= 11 is 1.87. The highest BCUT2D eigenvalue weighted by atomic mass is 127. The number of pyridine rings is 1. The molecule has 0 atom stereocenters. The molecule has 0 amide bonds. The first-order valence-corrected chi connectivity index (χ1v) is 3.59. The lowest BCUT2D eigenvalue weighted by molar-refractivity contribution is 0.111. The van der Waals surface area contributed by atoms with Crippen LogP contribution in [0.2, 0.25) is 0 Å². The second kappa shape index (κ2) is 3.05. The van der Waals surface area contributed by atoms with E-state index in [1.54, 1.807) is 6.07 Å². The highest BCUT2D eigenvalue weighted by Gasteiger charge is 2.00. The van der Waals surface area contributed by atoms with E-state index in [0.29, 0.717) is 9.99 Å². The molecule has 0 bridgehead atoms. The van der Waals surface area contributed by atoms with Gasteiger partial charge in [0.25, 0.3) is 0 Å². The van der Waals surface area contributed by atoms with Crippen molar-refractivity contribution >= 4 is 28.9 Å². The fraction of sp³-hybridized carbons (Fsp3) is 0. The van der Waals surface area contributed by atoms with E-state index >= 15 is 0 Å². The Kier molecular flexibility index (Phi) is 2.31. The Hall–Kier alpha value is -0.520. The van der Waals surface area contributed by atoms with Gasteiger partial charge in [-0.2, -0.15) is 4.39 Å². The second-order valence-electron chi connectivity index (χ2n) is 1.63. The topological polar surface area (TPSA) is 30.0 Å². The molecule has 0 aromatic carbocycles. The maximum absolute atomic E-state index is 12.5. The van der Waals surface area contributed by atoms with E-state index in [0.717, 1.165) is 0 Å². The molecule has 0 fully saturated rings. The Morgan fingerprint density at radius 2 is 2.30 bits per heavy atom. The van der Waals surface area contributed by atoms with Crippen LogP contribution in [0.15, 0.2) is 12.1 Å². The predicted molar refractivity (Wildman–Crippen MR) is 42.3 cm³/mol. The number of rotatable bonds is 1. The summed E-state index contributed by atoms with van der Waals surface area (Å²) < 4.78 is 13.0. The third-order valence-electron chi connectivity index (χ3n) is 0.971. The lowest BCUT2D eigenvalue weighted by Crippen LogP contribution is -1.92. The minimum absolute atomic E-state index is 0.000385. The molecule has 1 aromatic rings. The summed E-state index contributed by atoms with van der Waals surface area (Å²) in [5, 5.41) is 0. The molecule has 52 valence electrons. The number of nitrogens with zero attached hydrogens (tertiary/aromatic N) is 1. The van der Waals surface area contributed by atoms with Crippen LogP contribution >= 0.6 is 22.6 Å². The third-order valence-corrected chi connectivity index (χ3v) is 1.57. The van der Waals surface area contributed by atoms with Crippen molar-refractivity contribution in [3.05, 3.63) is 27.3 Å². The minimum Gasteiger partial charge on any atom is -0.298 e. The van der Waals surface area contributed by atoms with Crippen LogP contribution in [0.3, 0.4) is 0 Å². The van der Waals surface area contributed by atoms with Crippen LogP contribution in [0, 0.1) is 9.65 Å². The van der Waals surface area contributed by atoms with E-state index in [2.05, 4.69) is 4.98 Å². The van der Waals surface area contributed by atoms with Crippen LogP contribution in [0.25, 0.3) is 0 Å². The van der Waals surface area contributed by atoms with Crippen LogP contribution in [0.5, 0.6) is 0 Å². The lowest BCUT2D eigenvalue weighted by Gasteiger charge is -1.91. The number of carbonyl (C=O) groups is 1. The number of halogens is 2. The standard InChI is InChI=1S/C6H3FINO/c7-6-4(3-10)1-2-5(8)9-6/h1-3H. The zero-order chi connectivity index (χ0) is 7.56. The Morgan fingerprint density at radius 3 is 2.80 bits per heavy atom. The molecular formula is C6H3FINO. The summed E-state index contributed by atoms with van der Waals surface area (Å²) in [4.78, 5) is 13.5. The van der Waals surface area contributed by atoms with E-state index in [1.165, 1.54) is 6.07 Å². The van der Waals surface area contributed by atoms with E-state index in [9.17, 15) is 9.18 Å². The smallest absolute Gasteiger partial charge is 0.224 e. The van der Waals surface area contributed by atoms with Gasteiger partial charge in [0, 0.05) is 0 Å². The summed E-state index contributed by atoms with van der Waals surface area (Å²) in [6, 6.07) is 2.98. The van der Waals surface area contributed by atoms with E-state index in [1.807, 2.05) is 22.6 Å². The molecule has 0 radical (unpaired) electrons. The predicted octanol–water partition coefficient (Wildman–Crippen LogP) is 1.64. The molecule has 0 spiro atoms. The van der Waals surface area contributed by atoms with Crippen LogP contribution in [-0.2, 0) is 0 Å². The van der Waals surface area contributed by atoms with Crippen molar-refractivity contribution < 1.29 is 9.18 Å². The molecule has 1 aromatic heterocycles. The highest BCUT2D eigenvalue weighted by Crippen LogP contribution is 2.05. The average molecular weight is 251 g/mol. The number of aldehydes is 1. The molecule has 0 unspecified atom stereocenters. The summed E-state index contributed by atoms with van der Waals surface area (Å²) in [7, 11) is 0. The summed E-state index contributed by atoms with van der Waals surface area (Å²) in [5.41, 5.74) is 0.000385. The Morgan fingerprint density at radius 1 is 1.60 bits per heavy atom. The number of hydrogen-bond donors (Lipinski definition) is 0. The van der Waals surface area contributed by atoms with Gasteiger partial charge in [-0.15, -0.1) is 0 Å². The molecule has 1 heterocycles. The van der Waals surface area contributed by atoms with Crippen LogP contribution in [0.1, 0.15) is 10.4 Å². The molecule has 0 aliphatic carbocycles. The number of aromatic nitrogens is 1. The van der Waals surface area contributed by atoms with Crippen LogP contribution in [-0.4, -0.2) is 11.3 Å². The Labute approximate surface area is 70.6 Å². The van der Waals surface area contributed by atoms with Crippen LogP contribution in [0.4, 0.5) is 4.39 Å². The molecule has 0 N–H and O–H groups in total. The molecule has 2 nitrogen and oxygen atoms in total. The van der Waals surface area contributed by atoms with Gasteiger partial charge in [-0.25, -0.2) is 4.98 Å². The van der Waals surface area contributed by atoms with Gasteiger partial charge in [0.2, 0.25) is 5.95 Å². The average Bonchev–Trinajstić information content (AvgIpc) is 1.88. The molecule has 1 rings (SSSR count). The van der Waals surface area contributed by atoms with Gasteiger partial charge in [0.1, 0.15) is 3.70 Å². The first-order valence-electron chi connectivity index (χ1n) is 2.51. The highest BCUT2D eigenvalue weighted by molar-refractivity contribution is 14.1. The van der Waals surface area contributed by atoms with E-state index in [4.69, 9.17) is 0 Å². The van der Waals surface area contributed by atoms with Gasteiger partial charge in [0.15, 0.2) is 6.29 Å². The van der Waals surface area contributed by atoms with Crippen molar-refractivity contribution in [1.29, 1.82) is 0 Å². The second-order valence-corrected chi connectivity index (χ2v) is 2.74. The first-order chi connectivity index (χ1) is 4.74. The summed E-state index contributed by atoms with van der Waals surface area (Å²) in [6.07, 6.45) is 0.443. The van der Waals surface area contributed by atoms with Crippen molar-refractivity contribution in [3.8, 4) is 0 Å². The maximum atomic E-state index is 12.5. The van der Waals surface area contributed by atoms with E-state index < -0.39 is 5.95 Å². The Balaban J connectivity index is 3.19. The fourth-order valence-corrected chi connectivity index (χ4v) is 0.902. The van der Waals surface area contributed by atoms with Gasteiger partial charge in [0.05, 0.1) is 5.56 Å². The lowest BCUT2D eigenvalue weighted by atomic mass is 10.3. The zero-order valence-corrected chi connectivity index (χ0v) is 7.00. The van der Waals surface area contributed by atoms with Gasteiger partial charge in [-0.3, -0.25) is 4.79 Å². The van der Waals surface area contributed by atoms with Crippen molar-refractivity contribution in [2.45, 2.75) is 0 Å². The Bertz CT molecular complexity index is 264. The molecule has 10 heavy (non-hydrogen) atoms. The van der Waals surface area contributed by atoms with Crippen molar-refractivity contribution in [2.75, 3.05) is 0 Å². The third kappa shape index (κ3) is 1.50. The van der Waals surface area contributed by atoms with Crippen molar-refractivity contribution in [1.82, 2.24) is 4.98 Å². The quantitative estimate of drug-likeness (QED) is 0.431. The maximum Gasteiger partial charge on any atom is 0.224 e. The first kappa shape index (κ1) is 7.59. The molecule has 4 heteroatoms. The molecular weight excluding hydrogens is 248 g/mol. The van der Waals surface area contributed by atoms with Gasteiger partial charge in [-0.1, -0.05) is 0 Å². The minimum atomic E-state index is -0.707. The van der Waals surface area contributed by atoms with Gasteiger partial charge < -0.3 is 0 Å². The van der Waals surface area contributed by atoms with Crippen molar-refractivity contribution in [2.24, 2.45) is 0 Å². The normalized spacial score (nSPS) is 9.40. The van der Waals surface area contributed by atoms with E-state index in [-0.39, 0.29) is 5.56 Å². The SMILES string of the molecule is O=Cc1ccc(I)nc1F. The molecule has 0 aliphatic heterocycles. The summed E-state index contributed by atoms with van der Waals surface area (Å²) in [5.74, 6) is -0.707. The fourth-order valence-electron chi connectivity index (χ4n) is 0.511. The summed E-state index contributed by atoms with van der Waals surface area (Å²) in [6.45, 7) is 0. The number of carbonyl (C=O) groups excluding carboxylic acids is 1. The molecule has 0 saturated carbocycles. The van der Waals surface area contributed by atoms with Crippen molar-refractivity contribution in [3.63, 3.8) is 0 Å². The monoisotopic (exact) mass is 251 g/mol. The molecule has 0 aliphatic rings. The number of hydrogen-bond acceptors (Lipinski definition) is 2. The van der Waals surface area contributed by atoms with Gasteiger partial charge >= 0.3 is 0 Å². The molecule has 0 saturated heterocycles. The van der Waals surface area contributed by atoms with Crippen LogP contribution < -0.4 is 0 Å².